The maximum absolute atomic E-state index is 12.6. The minimum Gasteiger partial charge on any atom is -0.450 e. The molecule has 0 radical (unpaired) electrons. The number of benzene rings is 3. The smallest absolute Gasteiger partial charge is 0.230 e. The van der Waals surface area contributed by atoms with Gasteiger partial charge in [0, 0.05) is 5.56 Å². The molecule has 0 saturated heterocycles. The number of hydrogen-bond donors (Lipinski definition) is 1. The summed E-state index contributed by atoms with van der Waals surface area (Å²) in [5.41, 5.74) is 7.83. The maximum Gasteiger partial charge on any atom is 0.230 e. The molecule has 1 aromatic heterocycles. The summed E-state index contributed by atoms with van der Waals surface area (Å²) in [6.45, 7) is 0. The highest BCUT2D eigenvalue weighted by Crippen LogP contribution is 2.35. The first-order chi connectivity index (χ1) is 10.8. The molecule has 0 spiro atoms. The first kappa shape index (κ1) is 12.7. The van der Waals surface area contributed by atoms with Gasteiger partial charge in [-0.2, -0.15) is 0 Å². The van der Waals surface area contributed by atoms with Crippen molar-refractivity contribution in [3.05, 3.63) is 78.1 Å². The predicted octanol–water partition coefficient (Wildman–Crippen LogP) is 4.40. The highest BCUT2D eigenvalue weighted by molar-refractivity contribution is 6.19. The molecule has 0 bridgehead atoms. The largest absolute Gasteiger partial charge is 0.450 e. The van der Waals surface area contributed by atoms with Crippen molar-refractivity contribution in [2.75, 3.05) is 5.73 Å². The number of furan rings is 1. The lowest BCUT2D eigenvalue weighted by molar-refractivity contribution is 0.101. The summed E-state index contributed by atoms with van der Waals surface area (Å²) in [5, 5.41) is 2.87. The second kappa shape index (κ2) is 4.74. The van der Waals surface area contributed by atoms with E-state index in [1.807, 2.05) is 54.6 Å². The van der Waals surface area contributed by atoms with E-state index in [0.717, 1.165) is 16.2 Å². The zero-order chi connectivity index (χ0) is 15.1. The Morgan fingerprint density at radius 2 is 1.59 bits per heavy atom. The molecule has 0 fully saturated rings. The molecule has 1 heterocycles. The average molecular weight is 287 g/mol. The van der Waals surface area contributed by atoms with Gasteiger partial charge >= 0.3 is 0 Å². The van der Waals surface area contributed by atoms with Crippen LogP contribution in [0.5, 0.6) is 0 Å². The van der Waals surface area contributed by atoms with Crippen molar-refractivity contribution in [2.45, 2.75) is 0 Å². The van der Waals surface area contributed by atoms with Gasteiger partial charge in [-0.25, -0.2) is 0 Å². The third kappa shape index (κ3) is 1.79. The Morgan fingerprint density at radius 3 is 2.41 bits per heavy atom. The molecule has 0 atom stereocenters. The summed E-state index contributed by atoms with van der Waals surface area (Å²) in [7, 11) is 0. The van der Waals surface area contributed by atoms with Gasteiger partial charge in [0.05, 0.1) is 11.1 Å². The van der Waals surface area contributed by atoms with Crippen LogP contribution in [0.1, 0.15) is 16.1 Å². The van der Waals surface area contributed by atoms with Crippen LogP contribution in [0.25, 0.3) is 21.7 Å². The molecule has 0 amide bonds. The summed E-state index contributed by atoms with van der Waals surface area (Å²) >= 11 is 0. The van der Waals surface area contributed by atoms with Crippen molar-refractivity contribution in [1.82, 2.24) is 0 Å². The van der Waals surface area contributed by atoms with E-state index >= 15 is 0 Å². The van der Waals surface area contributed by atoms with Crippen molar-refractivity contribution in [3.8, 4) is 0 Å². The topological polar surface area (TPSA) is 56.2 Å². The van der Waals surface area contributed by atoms with Crippen LogP contribution in [0.15, 0.2) is 71.1 Å². The number of carbonyl (C=O) groups is 1. The number of nitrogens with two attached hydrogens (primary N) is 1. The van der Waals surface area contributed by atoms with E-state index < -0.39 is 0 Å². The van der Waals surface area contributed by atoms with Crippen molar-refractivity contribution in [1.29, 1.82) is 0 Å². The molecule has 3 aromatic carbocycles. The SMILES string of the molecule is Nc1c(C(=O)c2ccccc2)oc2ccc3ccccc3c12. The quantitative estimate of drug-likeness (QED) is 0.556. The van der Waals surface area contributed by atoms with Gasteiger partial charge in [-0.3, -0.25) is 4.79 Å². The van der Waals surface area contributed by atoms with Gasteiger partial charge in [0.2, 0.25) is 5.78 Å². The fourth-order valence-corrected chi connectivity index (χ4v) is 2.78. The first-order valence-corrected chi connectivity index (χ1v) is 7.05. The number of ketones is 1. The van der Waals surface area contributed by atoms with Crippen molar-refractivity contribution >= 4 is 33.2 Å². The number of carbonyl (C=O) groups excluding carboxylic acids is 1. The second-order valence-electron chi connectivity index (χ2n) is 5.20. The predicted molar refractivity (Wildman–Crippen MR) is 88.0 cm³/mol. The Hall–Kier alpha value is -3.07. The summed E-state index contributed by atoms with van der Waals surface area (Å²) in [6, 6.07) is 20.8. The summed E-state index contributed by atoms with van der Waals surface area (Å²) < 4.78 is 5.75. The van der Waals surface area contributed by atoms with Crippen molar-refractivity contribution in [2.24, 2.45) is 0 Å². The fraction of sp³-hybridized carbons (Fsp3) is 0. The number of anilines is 1. The standard InChI is InChI=1S/C19H13NO2/c20-17-16-14-9-5-4-6-12(14)10-11-15(16)22-19(17)18(21)13-7-2-1-3-8-13/h1-11H,20H2. The fourth-order valence-electron chi connectivity index (χ4n) is 2.78. The van der Waals surface area contributed by atoms with E-state index in [1.54, 1.807) is 12.1 Å². The Bertz CT molecular complexity index is 1000. The molecular weight excluding hydrogens is 274 g/mol. The van der Waals surface area contributed by atoms with Crippen LogP contribution in [0.4, 0.5) is 5.69 Å². The normalized spacial score (nSPS) is 11.1. The molecule has 2 N–H and O–H groups in total. The van der Waals surface area contributed by atoms with E-state index in [1.165, 1.54) is 0 Å². The Morgan fingerprint density at radius 1 is 0.864 bits per heavy atom. The van der Waals surface area contributed by atoms with Gasteiger partial charge in [-0.05, 0) is 16.8 Å². The molecule has 3 nitrogen and oxygen atoms in total. The zero-order valence-corrected chi connectivity index (χ0v) is 11.7. The van der Waals surface area contributed by atoms with Crippen LogP contribution in [0, 0.1) is 0 Å². The lowest BCUT2D eigenvalue weighted by Crippen LogP contribution is -2.02. The highest BCUT2D eigenvalue weighted by Gasteiger charge is 2.21. The van der Waals surface area contributed by atoms with Crippen LogP contribution >= 0.6 is 0 Å². The van der Waals surface area contributed by atoms with Crippen LogP contribution in [0.2, 0.25) is 0 Å². The van der Waals surface area contributed by atoms with E-state index in [9.17, 15) is 4.79 Å². The molecule has 0 aliphatic carbocycles. The third-order valence-electron chi connectivity index (χ3n) is 3.86. The molecule has 0 aliphatic rings. The van der Waals surface area contributed by atoms with Gasteiger partial charge < -0.3 is 10.2 Å². The molecule has 0 aliphatic heterocycles. The van der Waals surface area contributed by atoms with Gasteiger partial charge in [0.25, 0.3) is 0 Å². The number of fused-ring (bicyclic) bond motifs is 3. The Balaban J connectivity index is 1.99. The van der Waals surface area contributed by atoms with Crippen LogP contribution in [-0.4, -0.2) is 5.78 Å². The van der Waals surface area contributed by atoms with Gasteiger partial charge in [-0.15, -0.1) is 0 Å². The van der Waals surface area contributed by atoms with Crippen LogP contribution in [-0.2, 0) is 0 Å². The van der Waals surface area contributed by atoms with E-state index in [4.69, 9.17) is 10.2 Å². The van der Waals surface area contributed by atoms with E-state index in [0.29, 0.717) is 16.8 Å². The van der Waals surface area contributed by atoms with Gasteiger partial charge in [0.1, 0.15) is 5.58 Å². The lowest BCUT2D eigenvalue weighted by atomic mass is 10.0. The highest BCUT2D eigenvalue weighted by atomic mass is 16.3. The molecule has 106 valence electrons. The first-order valence-electron chi connectivity index (χ1n) is 7.05. The zero-order valence-electron chi connectivity index (χ0n) is 11.7. The van der Waals surface area contributed by atoms with E-state index in [2.05, 4.69) is 0 Å². The molecule has 4 aromatic rings. The third-order valence-corrected chi connectivity index (χ3v) is 3.86. The maximum atomic E-state index is 12.6. The number of hydrogen-bond acceptors (Lipinski definition) is 3. The average Bonchev–Trinajstić information content (AvgIpc) is 2.92. The lowest BCUT2D eigenvalue weighted by Gasteiger charge is -1.99. The minimum absolute atomic E-state index is 0.196. The summed E-state index contributed by atoms with van der Waals surface area (Å²) in [6.07, 6.45) is 0. The number of rotatable bonds is 2. The number of nitrogen functional groups attached to an aromatic ring is 1. The summed E-state index contributed by atoms with van der Waals surface area (Å²) in [5.74, 6) is 0.0101. The van der Waals surface area contributed by atoms with Crippen LogP contribution < -0.4 is 5.73 Å². The second-order valence-corrected chi connectivity index (χ2v) is 5.20. The molecule has 4 rings (SSSR count). The van der Waals surface area contributed by atoms with Crippen molar-refractivity contribution < 1.29 is 9.21 Å². The monoisotopic (exact) mass is 287 g/mol. The Labute approximate surface area is 127 Å². The molecule has 3 heteroatoms. The molecular formula is C19H13NO2. The van der Waals surface area contributed by atoms with Crippen LogP contribution in [0.3, 0.4) is 0 Å². The molecule has 0 saturated carbocycles. The summed E-state index contributed by atoms with van der Waals surface area (Å²) in [4.78, 5) is 12.6. The molecule has 22 heavy (non-hydrogen) atoms. The van der Waals surface area contributed by atoms with Crippen molar-refractivity contribution in [3.63, 3.8) is 0 Å². The molecule has 0 unspecified atom stereocenters. The van der Waals surface area contributed by atoms with Gasteiger partial charge in [0.15, 0.2) is 5.76 Å². The van der Waals surface area contributed by atoms with Gasteiger partial charge in [-0.1, -0.05) is 60.7 Å². The minimum atomic E-state index is -0.196. The van der Waals surface area contributed by atoms with E-state index in [-0.39, 0.29) is 11.5 Å². The Kier molecular flexibility index (Phi) is 2.73.